The van der Waals surface area contributed by atoms with Crippen molar-refractivity contribution in [2.45, 2.75) is 11.9 Å². The fourth-order valence-electron chi connectivity index (χ4n) is 2.23. The fraction of sp³-hybridized carbons (Fsp3) is 0.250. The molecule has 0 radical (unpaired) electrons. The molecule has 1 aromatic carbocycles. The predicted octanol–water partition coefficient (Wildman–Crippen LogP) is 2.49. The number of hydrogen-bond donors (Lipinski definition) is 1. The second kappa shape index (κ2) is 7.31. The van der Waals surface area contributed by atoms with E-state index in [4.69, 9.17) is 4.74 Å². The van der Waals surface area contributed by atoms with Crippen LogP contribution in [0, 0.1) is 0 Å². The zero-order valence-corrected chi connectivity index (χ0v) is 14.2. The second-order valence-corrected chi connectivity index (χ2v) is 5.91. The molecular weight excluding hydrogens is 326 g/mol. The Balaban J connectivity index is 1.67. The summed E-state index contributed by atoms with van der Waals surface area (Å²) in [4.78, 5) is 20.7. The van der Waals surface area contributed by atoms with Crippen LogP contribution in [-0.4, -0.2) is 38.0 Å². The topological polar surface area (TPSA) is 81.9 Å². The van der Waals surface area contributed by atoms with Gasteiger partial charge in [0.15, 0.2) is 5.65 Å². The fourth-order valence-corrected chi connectivity index (χ4v) is 2.99. The molecule has 0 unspecified atom stereocenters. The highest BCUT2D eigenvalue weighted by molar-refractivity contribution is 8.00. The van der Waals surface area contributed by atoms with Crippen molar-refractivity contribution in [3.63, 3.8) is 0 Å². The van der Waals surface area contributed by atoms with Gasteiger partial charge < -0.3 is 10.1 Å². The van der Waals surface area contributed by atoms with Crippen LogP contribution in [0.15, 0.2) is 41.8 Å². The average molecular weight is 343 g/mol. The average Bonchev–Trinajstić information content (AvgIpc) is 2.97. The van der Waals surface area contributed by atoms with Crippen molar-refractivity contribution in [2.75, 3.05) is 17.7 Å². The molecule has 0 aliphatic rings. The number of aromatic nitrogens is 4. The van der Waals surface area contributed by atoms with Gasteiger partial charge in [-0.2, -0.15) is 5.10 Å². The zero-order valence-electron chi connectivity index (χ0n) is 13.4. The van der Waals surface area contributed by atoms with E-state index >= 15 is 0 Å². The molecule has 0 aliphatic carbocycles. The molecule has 24 heavy (non-hydrogen) atoms. The van der Waals surface area contributed by atoms with E-state index in [-0.39, 0.29) is 11.7 Å². The van der Waals surface area contributed by atoms with Crippen LogP contribution in [0.3, 0.4) is 0 Å². The molecule has 2 heterocycles. The third-order valence-electron chi connectivity index (χ3n) is 3.29. The van der Waals surface area contributed by atoms with Gasteiger partial charge in [-0.1, -0.05) is 23.9 Å². The van der Waals surface area contributed by atoms with Gasteiger partial charge in [0, 0.05) is 7.05 Å². The first-order valence-electron chi connectivity index (χ1n) is 7.46. The highest BCUT2D eigenvalue weighted by atomic mass is 32.2. The second-order valence-electron chi connectivity index (χ2n) is 4.95. The van der Waals surface area contributed by atoms with Gasteiger partial charge in [-0.25, -0.2) is 9.97 Å². The summed E-state index contributed by atoms with van der Waals surface area (Å²) < 4.78 is 7.19. The van der Waals surface area contributed by atoms with Crippen molar-refractivity contribution in [1.82, 2.24) is 19.7 Å². The lowest BCUT2D eigenvalue weighted by molar-refractivity contribution is -0.113. The number of carbonyl (C=O) groups is 1. The Bertz CT molecular complexity index is 865. The number of anilines is 1. The minimum Gasteiger partial charge on any atom is -0.492 e. The molecule has 1 N–H and O–H groups in total. The molecule has 7 nitrogen and oxygen atoms in total. The highest BCUT2D eigenvalue weighted by Gasteiger charge is 2.12. The molecule has 8 heteroatoms. The Morgan fingerprint density at radius 3 is 3.00 bits per heavy atom. The normalized spacial score (nSPS) is 10.8. The number of ether oxygens (including phenoxy) is 1. The van der Waals surface area contributed by atoms with E-state index in [9.17, 15) is 4.79 Å². The van der Waals surface area contributed by atoms with Gasteiger partial charge in [-0.15, -0.1) is 0 Å². The van der Waals surface area contributed by atoms with Gasteiger partial charge in [-0.3, -0.25) is 9.48 Å². The van der Waals surface area contributed by atoms with E-state index in [0.29, 0.717) is 18.0 Å². The minimum absolute atomic E-state index is 0.122. The maximum atomic E-state index is 12.2. The monoisotopic (exact) mass is 343 g/mol. The van der Waals surface area contributed by atoms with Gasteiger partial charge in [0.25, 0.3) is 0 Å². The van der Waals surface area contributed by atoms with Crippen molar-refractivity contribution in [3.8, 4) is 5.75 Å². The summed E-state index contributed by atoms with van der Waals surface area (Å²) in [7, 11) is 1.82. The van der Waals surface area contributed by atoms with Crippen LogP contribution in [-0.2, 0) is 11.8 Å². The summed E-state index contributed by atoms with van der Waals surface area (Å²) in [6, 6.07) is 7.37. The van der Waals surface area contributed by atoms with Crippen LogP contribution in [0.25, 0.3) is 11.0 Å². The van der Waals surface area contributed by atoms with Gasteiger partial charge in [0.05, 0.1) is 29.6 Å². The van der Waals surface area contributed by atoms with Crippen molar-refractivity contribution in [3.05, 3.63) is 36.8 Å². The maximum absolute atomic E-state index is 12.2. The van der Waals surface area contributed by atoms with E-state index < -0.39 is 0 Å². The van der Waals surface area contributed by atoms with Crippen LogP contribution < -0.4 is 10.1 Å². The molecule has 0 atom stereocenters. The van der Waals surface area contributed by atoms with E-state index in [1.807, 2.05) is 38.2 Å². The molecule has 0 aliphatic heterocycles. The molecular formula is C16H17N5O2S. The van der Waals surface area contributed by atoms with Gasteiger partial charge >= 0.3 is 0 Å². The van der Waals surface area contributed by atoms with E-state index in [1.54, 1.807) is 10.9 Å². The first kappa shape index (κ1) is 16.3. The molecule has 124 valence electrons. The van der Waals surface area contributed by atoms with Gasteiger partial charge in [0.2, 0.25) is 5.91 Å². The van der Waals surface area contributed by atoms with Crippen molar-refractivity contribution < 1.29 is 9.53 Å². The van der Waals surface area contributed by atoms with Gasteiger partial charge in [0.1, 0.15) is 17.1 Å². The van der Waals surface area contributed by atoms with Crippen LogP contribution >= 0.6 is 11.8 Å². The summed E-state index contributed by atoms with van der Waals surface area (Å²) in [5.41, 5.74) is 1.41. The van der Waals surface area contributed by atoms with E-state index in [2.05, 4.69) is 20.4 Å². The van der Waals surface area contributed by atoms with Gasteiger partial charge in [-0.05, 0) is 19.1 Å². The summed E-state index contributed by atoms with van der Waals surface area (Å²) >= 11 is 1.35. The standard InChI is InChI=1S/C16H17N5O2S/c1-3-23-13-7-5-4-6-12(13)20-14(22)9-24-16-11-8-19-21(2)15(11)17-10-18-16/h4-8,10H,3,9H2,1-2H3,(H,20,22). The first-order valence-corrected chi connectivity index (χ1v) is 8.44. The molecule has 0 saturated heterocycles. The third-order valence-corrected chi connectivity index (χ3v) is 4.30. The quantitative estimate of drug-likeness (QED) is 0.547. The Kier molecular flexibility index (Phi) is 4.95. The van der Waals surface area contributed by atoms with Crippen LogP contribution in [0.5, 0.6) is 5.75 Å². The predicted molar refractivity (Wildman–Crippen MR) is 93.3 cm³/mol. The van der Waals surface area contributed by atoms with E-state index in [0.717, 1.165) is 16.1 Å². The minimum atomic E-state index is -0.122. The number of amides is 1. The number of aryl methyl sites for hydroxylation is 1. The molecule has 0 bridgehead atoms. The molecule has 1 amide bonds. The number of nitrogens with zero attached hydrogens (tertiary/aromatic N) is 4. The summed E-state index contributed by atoms with van der Waals surface area (Å²) in [6.07, 6.45) is 3.19. The molecule has 0 saturated carbocycles. The molecule has 2 aromatic heterocycles. The van der Waals surface area contributed by atoms with Crippen LogP contribution in [0.4, 0.5) is 5.69 Å². The first-order chi connectivity index (χ1) is 11.7. The largest absolute Gasteiger partial charge is 0.492 e. The maximum Gasteiger partial charge on any atom is 0.234 e. The summed E-state index contributed by atoms with van der Waals surface area (Å²) in [5, 5.41) is 8.61. The number of para-hydroxylation sites is 2. The smallest absolute Gasteiger partial charge is 0.234 e. The Morgan fingerprint density at radius 2 is 2.17 bits per heavy atom. The lowest BCUT2D eigenvalue weighted by atomic mass is 10.3. The van der Waals surface area contributed by atoms with Crippen LogP contribution in [0.2, 0.25) is 0 Å². The van der Waals surface area contributed by atoms with Crippen LogP contribution in [0.1, 0.15) is 6.92 Å². The number of nitrogens with one attached hydrogen (secondary N) is 1. The van der Waals surface area contributed by atoms with Crippen molar-refractivity contribution in [1.29, 1.82) is 0 Å². The Hall–Kier alpha value is -2.61. The molecule has 3 aromatic rings. The molecule has 3 rings (SSSR count). The summed E-state index contributed by atoms with van der Waals surface area (Å²) in [5.74, 6) is 0.777. The number of fused-ring (bicyclic) bond motifs is 1. The lowest BCUT2D eigenvalue weighted by Crippen LogP contribution is -2.15. The Labute approximate surface area is 143 Å². The number of thioether (sulfide) groups is 1. The number of carbonyl (C=O) groups excluding carboxylic acids is 1. The lowest BCUT2D eigenvalue weighted by Gasteiger charge is -2.11. The SMILES string of the molecule is CCOc1ccccc1NC(=O)CSc1ncnc2c1cnn2C. The Morgan fingerprint density at radius 1 is 1.33 bits per heavy atom. The molecule has 0 spiro atoms. The van der Waals surface area contributed by atoms with Crippen molar-refractivity contribution in [2.24, 2.45) is 7.05 Å². The molecule has 0 fully saturated rings. The number of hydrogen-bond acceptors (Lipinski definition) is 6. The third kappa shape index (κ3) is 3.48. The highest BCUT2D eigenvalue weighted by Crippen LogP contribution is 2.26. The van der Waals surface area contributed by atoms with Crippen molar-refractivity contribution >= 4 is 34.4 Å². The van der Waals surface area contributed by atoms with E-state index in [1.165, 1.54) is 18.1 Å². The zero-order chi connectivity index (χ0) is 16.9. The summed E-state index contributed by atoms with van der Waals surface area (Å²) in [6.45, 7) is 2.45. The number of rotatable bonds is 6. The number of benzene rings is 1.